The number of methoxy groups -OCH3 is 1. The lowest BCUT2D eigenvalue weighted by atomic mass is 9.80. The lowest BCUT2D eigenvalue weighted by Gasteiger charge is -2.25. The Hall–Kier alpha value is -0.940. The molecular formula is C16H26N2O2S. The molecule has 4 nitrogen and oxygen atoms in total. The Bertz CT molecular complexity index is 559. The van der Waals surface area contributed by atoms with Gasteiger partial charge in [0.2, 0.25) is 0 Å². The highest BCUT2D eigenvalue weighted by Gasteiger charge is 2.27. The number of nitrogens with zero attached hydrogens (tertiary/aromatic N) is 2. The van der Waals surface area contributed by atoms with E-state index in [2.05, 4.69) is 30.3 Å². The van der Waals surface area contributed by atoms with Crippen molar-refractivity contribution >= 4 is 17.2 Å². The van der Waals surface area contributed by atoms with Crippen LogP contribution in [0.15, 0.2) is 4.99 Å². The van der Waals surface area contributed by atoms with E-state index >= 15 is 0 Å². The third-order valence-corrected chi connectivity index (χ3v) is 5.64. The molecule has 0 unspecified atom stereocenters. The van der Waals surface area contributed by atoms with E-state index in [4.69, 9.17) is 4.74 Å². The molecule has 1 fully saturated rings. The van der Waals surface area contributed by atoms with Crippen molar-refractivity contribution in [1.82, 2.24) is 4.57 Å². The Labute approximate surface area is 130 Å². The molecular weight excluding hydrogens is 284 g/mol. The molecule has 21 heavy (non-hydrogen) atoms. The van der Waals surface area contributed by atoms with E-state index in [9.17, 15) is 4.79 Å². The molecule has 0 N–H and O–H groups in total. The maximum atomic E-state index is 12.5. The fourth-order valence-electron chi connectivity index (χ4n) is 2.99. The summed E-state index contributed by atoms with van der Waals surface area (Å²) in [6.07, 6.45) is 4.54. The largest absolute Gasteiger partial charge is 0.383 e. The van der Waals surface area contributed by atoms with Crippen LogP contribution in [0.4, 0.5) is 0 Å². The summed E-state index contributed by atoms with van der Waals surface area (Å²) in [5, 5.41) is 0. The normalized spacial score (nSPS) is 23.5. The molecule has 1 amide bonds. The Morgan fingerprint density at radius 1 is 1.38 bits per heavy atom. The first kappa shape index (κ1) is 16.4. The SMILES string of the molecule is COCCn1c(C)c(C)s/c1=N\C(=O)[C@H]1CCCC[C@H]1C. The zero-order chi connectivity index (χ0) is 15.4. The predicted molar refractivity (Wildman–Crippen MR) is 85.4 cm³/mol. The lowest BCUT2D eigenvalue weighted by molar-refractivity contribution is -0.124. The molecule has 1 aromatic rings. The highest BCUT2D eigenvalue weighted by molar-refractivity contribution is 7.09. The molecule has 2 atom stereocenters. The van der Waals surface area contributed by atoms with Crippen molar-refractivity contribution in [1.29, 1.82) is 0 Å². The van der Waals surface area contributed by atoms with Crippen LogP contribution in [0.1, 0.15) is 43.2 Å². The Morgan fingerprint density at radius 3 is 2.76 bits per heavy atom. The van der Waals surface area contributed by atoms with Gasteiger partial charge in [-0.15, -0.1) is 11.3 Å². The number of carbonyl (C=O) groups excluding carboxylic acids is 1. The van der Waals surface area contributed by atoms with Crippen molar-refractivity contribution in [2.45, 2.75) is 53.0 Å². The molecule has 1 aliphatic carbocycles. The highest BCUT2D eigenvalue weighted by Crippen LogP contribution is 2.30. The summed E-state index contributed by atoms with van der Waals surface area (Å²) in [6, 6.07) is 0. The molecule has 0 bridgehead atoms. The summed E-state index contributed by atoms with van der Waals surface area (Å²) in [4.78, 5) is 19.0. The van der Waals surface area contributed by atoms with Crippen LogP contribution in [0.5, 0.6) is 0 Å². The Balaban J connectivity index is 2.27. The number of amides is 1. The number of hydrogen-bond donors (Lipinski definition) is 0. The zero-order valence-corrected chi connectivity index (χ0v) is 14.3. The van der Waals surface area contributed by atoms with Crippen molar-refractivity contribution in [3.05, 3.63) is 15.4 Å². The van der Waals surface area contributed by atoms with Crippen LogP contribution >= 0.6 is 11.3 Å². The molecule has 0 radical (unpaired) electrons. The standard InChI is InChI=1S/C16H26N2O2S/c1-11-7-5-6-8-14(11)15(19)17-16-18(9-10-20-4)12(2)13(3)21-16/h11,14H,5-10H2,1-4H3/b17-16-/t11-,14+/m1/s1. The molecule has 1 saturated carbocycles. The van der Waals surface area contributed by atoms with Gasteiger partial charge in [0.25, 0.3) is 5.91 Å². The Morgan fingerprint density at radius 2 is 2.10 bits per heavy atom. The second-order valence-electron chi connectivity index (χ2n) is 5.99. The number of thiazole rings is 1. The minimum absolute atomic E-state index is 0.0645. The van der Waals surface area contributed by atoms with E-state index in [0.717, 1.165) is 30.6 Å². The molecule has 5 heteroatoms. The van der Waals surface area contributed by atoms with Crippen LogP contribution in [-0.2, 0) is 16.1 Å². The van der Waals surface area contributed by atoms with E-state index in [1.54, 1.807) is 18.4 Å². The third-order valence-electron chi connectivity index (χ3n) is 4.54. The van der Waals surface area contributed by atoms with Crippen molar-refractivity contribution in [3.63, 3.8) is 0 Å². The first-order chi connectivity index (χ1) is 10.0. The fraction of sp³-hybridized carbons (Fsp3) is 0.750. The molecule has 1 aromatic heterocycles. The van der Waals surface area contributed by atoms with Gasteiger partial charge in [-0.1, -0.05) is 19.8 Å². The van der Waals surface area contributed by atoms with E-state index in [0.29, 0.717) is 12.5 Å². The average Bonchev–Trinajstić information content (AvgIpc) is 2.72. The Kier molecular flexibility index (Phi) is 5.76. The number of aryl methyl sites for hydroxylation is 1. The fourth-order valence-corrected chi connectivity index (χ4v) is 3.99. The van der Waals surface area contributed by atoms with E-state index in [1.807, 2.05) is 0 Å². The molecule has 0 aliphatic heterocycles. The van der Waals surface area contributed by atoms with Crippen LogP contribution in [0.2, 0.25) is 0 Å². The topological polar surface area (TPSA) is 43.6 Å². The first-order valence-electron chi connectivity index (χ1n) is 7.79. The average molecular weight is 310 g/mol. The first-order valence-corrected chi connectivity index (χ1v) is 8.60. The van der Waals surface area contributed by atoms with Crippen LogP contribution < -0.4 is 4.80 Å². The van der Waals surface area contributed by atoms with E-state index in [-0.39, 0.29) is 11.8 Å². The second kappa shape index (κ2) is 7.36. The predicted octanol–water partition coefficient (Wildman–Crippen LogP) is 3.07. The van der Waals surface area contributed by atoms with Crippen molar-refractivity contribution in [2.75, 3.05) is 13.7 Å². The highest BCUT2D eigenvalue weighted by atomic mass is 32.1. The minimum atomic E-state index is 0.0645. The summed E-state index contributed by atoms with van der Waals surface area (Å²) >= 11 is 1.60. The molecule has 0 saturated heterocycles. The summed E-state index contributed by atoms with van der Waals surface area (Å²) in [7, 11) is 1.70. The summed E-state index contributed by atoms with van der Waals surface area (Å²) in [5.74, 6) is 0.636. The van der Waals surface area contributed by atoms with Crippen LogP contribution in [0.3, 0.4) is 0 Å². The maximum Gasteiger partial charge on any atom is 0.251 e. The van der Waals surface area contributed by atoms with Gasteiger partial charge >= 0.3 is 0 Å². The van der Waals surface area contributed by atoms with Gasteiger partial charge in [0.15, 0.2) is 4.80 Å². The molecule has 0 aromatic carbocycles. The smallest absolute Gasteiger partial charge is 0.251 e. The molecule has 118 valence electrons. The van der Waals surface area contributed by atoms with Crippen LogP contribution in [0, 0.1) is 25.7 Å². The van der Waals surface area contributed by atoms with Crippen molar-refractivity contribution in [3.8, 4) is 0 Å². The van der Waals surface area contributed by atoms with Crippen molar-refractivity contribution < 1.29 is 9.53 Å². The van der Waals surface area contributed by atoms with Gasteiger partial charge in [-0.3, -0.25) is 4.79 Å². The molecule has 2 rings (SSSR count). The quantitative estimate of drug-likeness (QED) is 0.858. The maximum absolute atomic E-state index is 12.5. The minimum Gasteiger partial charge on any atom is -0.383 e. The van der Waals surface area contributed by atoms with Gasteiger partial charge in [0, 0.05) is 30.1 Å². The van der Waals surface area contributed by atoms with Gasteiger partial charge in [0.05, 0.1) is 6.61 Å². The van der Waals surface area contributed by atoms with Crippen molar-refractivity contribution in [2.24, 2.45) is 16.8 Å². The zero-order valence-electron chi connectivity index (χ0n) is 13.5. The molecule has 0 spiro atoms. The van der Waals surface area contributed by atoms with Gasteiger partial charge in [-0.05, 0) is 32.6 Å². The van der Waals surface area contributed by atoms with Gasteiger partial charge < -0.3 is 9.30 Å². The number of aromatic nitrogens is 1. The summed E-state index contributed by atoms with van der Waals surface area (Å²) in [5.41, 5.74) is 1.18. The molecule has 1 aliphatic rings. The lowest BCUT2D eigenvalue weighted by Crippen LogP contribution is -2.27. The van der Waals surface area contributed by atoms with E-state index < -0.39 is 0 Å². The van der Waals surface area contributed by atoms with Gasteiger partial charge in [-0.2, -0.15) is 4.99 Å². The van der Waals surface area contributed by atoms with Gasteiger partial charge in [-0.25, -0.2) is 0 Å². The van der Waals surface area contributed by atoms with Gasteiger partial charge in [0.1, 0.15) is 0 Å². The van der Waals surface area contributed by atoms with E-state index in [1.165, 1.54) is 17.0 Å². The number of carbonyl (C=O) groups is 1. The summed E-state index contributed by atoms with van der Waals surface area (Å²) in [6.45, 7) is 7.72. The van der Waals surface area contributed by atoms with Crippen LogP contribution in [-0.4, -0.2) is 24.2 Å². The monoisotopic (exact) mass is 310 g/mol. The summed E-state index contributed by atoms with van der Waals surface area (Å²) < 4.78 is 7.27. The number of hydrogen-bond acceptors (Lipinski definition) is 3. The van der Waals surface area contributed by atoms with Crippen LogP contribution in [0.25, 0.3) is 0 Å². The number of ether oxygens (including phenoxy) is 1. The molecule has 1 heterocycles. The third kappa shape index (κ3) is 3.83. The number of rotatable bonds is 4. The second-order valence-corrected chi connectivity index (χ2v) is 7.17.